The maximum atomic E-state index is 6.36. The summed E-state index contributed by atoms with van der Waals surface area (Å²) in [6.07, 6.45) is 5.51. The average molecular weight is 225 g/mol. The van der Waals surface area contributed by atoms with Gasteiger partial charge in [0.05, 0.1) is 0 Å². The maximum Gasteiger partial charge on any atom is 0.0419 e. The lowest BCUT2D eigenvalue weighted by molar-refractivity contribution is 0.458. The number of hydrogen-bond donors (Lipinski definition) is 0. The van der Waals surface area contributed by atoms with E-state index < -0.39 is 0 Å². The first-order valence-electron chi connectivity index (χ1n) is 5.15. The van der Waals surface area contributed by atoms with E-state index in [1.54, 1.807) is 0 Å². The molecule has 0 N–H and O–H groups in total. The molecule has 13 heavy (non-hydrogen) atoms. The van der Waals surface area contributed by atoms with Gasteiger partial charge in [0.15, 0.2) is 0 Å². The standard InChI is InChI=1S/C11H22Cl2/c1-5-6-7-11(4,13)9-8-10(2,3)12/h5-9H2,1-4H3. The van der Waals surface area contributed by atoms with Gasteiger partial charge in [-0.3, -0.25) is 0 Å². The van der Waals surface area contributed by atoms with Gasteiger partial charge in [-0.05, 0) is 40.0 Å². The Kier molecular flexibility index (Phi) is 5.70. The summed E-state index contributed by atoms with van der Waals surface area (Å²) in [5, 5.41) is 0. The molecule has 0 aliphatic heterocycles. The van der Waals surface area contributed by atoms with Crippen LogP contribution in [0.5, 0.6) is 0 Å². The van der Waals surface area contributed by atoms with E-state index in [1.165, 1.54) is 12.8 Å². The topological polar surface area (TPSA) is 0 Å². The zero-order valence-corrected chi connectivity index (χ0v) is 10.8. The lowest BCUT2D eigenvalue weighted by Crippen LogP contribution is -2.21. The molecule has 0 nitrogen and oxygen atoms in total. The maximum absolute atomic E-state index is 6.36. The summed E-state index contributed by atoms with van der Waals surface area (Å²) in [6, 6.07) is 0. The van der Waals surface area contributed by atoms with Crippen molar-refractivity contribution in [1.82, 2.24) is 0 Å². The number of alkyl halides is 2. The predicted molar refractivity (Wildman–Crippen MR) is 62.9 cm³/mol. The summed E-state index contributed by atoms with van der Waals surface area (Å²) < 4.78 is 0. The fraction of sp³-hybridized carbons (Fsp3) is 1.00. The van der Waals surface area contributed by atoms with Crippen molar-refractivity contribution in [1.29, 1.82) is 0 Å². The Morgan fingerprint density at radius 3 is 1.85 bits per heavy atom. The SMILES string of the molecule is CCCCC(C)(Cl)CCC(C)(C)Cl. The lowest BCUT2D eigenvalue weighted by Gasteiger charge is -2.25. The molecule has 0 aliphatic carbocycles. The van der Waals surface area contributed by atoms with E-state index >= 15 is 0 Å². The van der Waals surface area contributed by atoms with Crippen LogP contribution < -0.4 is 0 Å². The van der Waals surface area contributed by atoms with E-state index in [-0.39, 0.29) is 9.75 Å². The Morgan fingerprint density at radius 2 is 1.46 bits per heavy atom. The second kappa shape index (κ2) is 5.46. The number of halogens is 2. The molecule has 0 saturated heterocycles. The Morgan fingerprint density at radius 1 is 0.923 bits per heavy atom. The van der Waals surface area contributed by atoms with Crippen LogP contribution in [0.3, 0.4) is 0 Å². The van der Waals surface area contributed by atoms with Crippen molar-refractivity contribution in [2.75, 3.05) is 0 Å². The summed E-state index contributed by atoms with van der Waals surface area (Å²) >= 11 is 12.5. The van der Waals surface area contributed by atoms with Gasteiger partial charge in [-0.1, -0.05) is 19.8 Å². The first-order chi connectivity index (χ1) is 5.77. The molecule has 80 valence electrons. The molecule has 2 heteroatoms. The van der Waals surface area contributed by atoms with E-state index in [1.807, 2.05) is 13.8 Å². The van der Waals surface area contributed by atoms with Gasteiger partial charge in [-0.25, -0.2) is 0 Å². The summed E-state index contributed by atoms with van der Waals surface area (Å²) in [4.78, 5) is -0.162. The smallest absolute Gasteiger partial charge is 0.0419 e. The zero-order valence-electron chi connectivity index (χ0n) is 9.29. The van der Waals surface area contributed by atoms with Crippen molar-refractivity contribution in [2.24, 2.45) is 0 Å². The molecule has 0 amide bonds. The summed E-state index contributed by atoms with van der Waals surface area (Å²) in [7, 11) is 0. The third-order valence-corrected chi connectivity index (χ3v) is 2.86. The van der Waals surface area contributed by atoms with Crippen molar-refractivity contribution in [3.05, 3.63) is 0 Å². The van der Waals surface area contributed by atoms with Crippen LogP contribution in [-0.2, 0) is 0 Å². The van der Waals surface area contributed by atoms with Crippen LogP contribution in [0.1, 0.15) is 59.8 Å². The fourth-order valence-electron chi connectivity index (χ4n) is 1.23. The highest BCUT2D eigenvalue weighted by molar-refractivity contribution is 6.24. The van der Waals surface area contributed by atoms with Gasteiger partial charge in [0, 0.05) is 9.75 Å². The molecule has 0 saturated carbocycles. The Balaban J connectivity index is 3.75. The highest BCUT2D eigenvalue weighted by Gasteiger charge is 2.23. The Bertz CT molecular complexity index is 134. The van der Waals surface area contributed by atoms with Gasteiger partial charge in [0.2, 0.25) is 0 Å². The van der Waals surface area contributed by atoms with Gasteiger partial charge in [-0.2, -0.15) is 0 Å². The van der Waals surface area contributed by atoms with Crippen molar-refractivity contribution in [3.8, 4) is 0 Å². The van der Waals surface area contributed by atoms with Crippen LogP contribution in [-0.4, -0.2) is 9.75 Å². The molecule has 0 aromatic rings. The second-order valence-electron chi connectivity index (χ2n) is 4.74. The van der Waals surface area contributed by atoms with Gasteiger partial charge >= 0.3 is 0 Å². The van der Waals surface area contributed by atoms with Gasteiger partial charge in [0.1, 0.15) is 0 Å². The molecule has 0 radical (unpaired) electrons. The molecule has 0 aromatic heterocycles. The first kappa shape index (κ1) is 13.6. The lowest BCUT2D eigenvalue weighted by atomic mass is 9.94. The number of rotatable bonds is 6. The van der Waals surface area contributed by atoms with Crippen molar-refractivity contribution in [2.45, 2.75) is 69.5 Å². The molecule has 1 unspecified atom stereocenters. The van der Waals surface area contributed by atoms with Gasteiger partial charge in [0.25, 0.3) is 0 Å². The van der Waals surface area contributed by atoms with Crippen LogP contribution >= 0.6 is 23.2 Å². The van der Waals surface area contributed by atoms with Crippen molar-refractivity contribution < 1.29 is 0 Å². The number of hydrogen-bond acceptors (Lipinski definition) is 0. The minimum Gasteiger partial charge on any atom is -0.120 e. The Labute approximate surface area is 93.0 Å². The monoisotopic (exact) mass is 224 g/mol. The van der Waals surface area contributed by atoms with Crippen molar-refractivity contribution in [3.63, 3.8) is 0 Å². The second-order valence-corrected chi connectivity index (χ2v) is 6.67. The van der Waals surface area contributed by atoms with Crippen molar-refractivity contribution >= 4 is 23.2 Å². The molecule has 0 aliphatic rings. The molecule has 0 fully saturated rings. The van der Waals surface area contributed by atoms with Crippen LogP contribution in [0.15, 0.2) is 0 Å². The predicted octanol–water partition coefficient (Wildman–Crippen LogP) is 4.97. The Hall–Kier alpha value is 0.580. The molecule has 0 heterocycles. The van der Waals surface area contributed by atoms with Crippen LogP contribution in [0.25, 0.3) is 0 Å². The molecule has 0 spiro atoms. The zero-order chi connectivity index (χ0) is 10.5. The van der Waals surface area contributed by atoms with E-state index in [4.69, 9.17) is 23.2 Å². The fourth-order valence-corrected chi connectivity index (χ4v) is 1.55. The molecular formula is C11H22Cl2. The van der Waals surface area contributed by atoms with E-state index in [0.29, 0.717) is 0 Å². The minimum absolute atomic E-state index is 0.0534. The molecule has 0 rings (SSSR count). The first-order valence-corrected chi connectivity index (χ1v) is 5.90. The summed E-state index contributed by atoms with van der Waals surface area (Å²) in [6.45, 7) is 8.40. The number of unbranched alkanes of at least 4 members (excludes halogenated alkanes) is 1. The normalized spacial score (nSPS) is 17.1. The van der Waals surface area contributed by atoms with E-state index in [2.05, 4.69) is 13.8 Å². The van der Waals surface area contributed by atoms with E-state index in [0.717, 1.165) is 19.3 Å². The summed E-state index contributed by atoms with van der Waals surface area (Å²) in [5.41, 5.74) is 0. The third kappa shape index (κ3) is 8.90. The molecule has 0 aromatic carbocycles. The quantitative estimate of drug-likeness (QED) is 0.560. The highest BCUT2D eigenvalue weighted by atomic mass is 35.5. The molecule has 1 atom stereocenters. The van der Waals surface area contributed by atoms with Crippen LogP contribution in [0.2, 0.25) is 0 Å². The minimum atomic E-state index is -0.109. The van der Waals surface area contributed by atoms with Crippen LogP contribution in [0, 0.1) is 0 Å². The van der Waals surface area contributed by atoms with Gasteiger partial charge < -0.3 is 0 Å². The molecule has 0 bridgehead atoms. The van der Waals surface area contributed by atoms with E-state index in [9.17, 15) is 0 Å². The van der Waals surface area contributed by atoms with Crippen LogP contribution in [0.4, 0.5) is 0 Å². The summed E-state index contributed by atoms with van der Waals surface area (Å²) in [5.74, 6) is 0. The van der Waals surface area contributed by atoms with Gasteiger partial charge in [-0.15, -0.1) is 23.2 Å². The largest absolute Gasteiger partial charge is 0.120 e. The molecular weight excluding hydrogens is 203 g/mol. The highest BCUT2D eigenvalue weighted by Crippen LogP contribution is 2.32. The third-order valence-electron chi connectivity index (χ3n) is 2.29. The average Bonchev–Trinajstić information content (AvgIpc) is 1.97.